The predicted molar refractivity (Wildman–Crippen MR) is 108 cm³/mol. The van der Waals surface area contributed by atoms with E-state index < -0.39 is 17.8 Å². The molecule has 0 aromatic heterocycles. The first-order chi connectivity index (χ1) is 13.4. The minimum Gasteiger partial charge on any atom is -0.393 e. The zero-order valence-electron chi connectivity index (χ0n) is 15.1. The molecule has 0 atom stereocenters. The van der Waals surface area contributed by atoms with Gasteiger partial charge in [-0.1, -0.05) is 24.3 Å². The van der Waals surface area contributed by atoms with E-state index in [4.69, 9.17) is 0 Å². The number of nitrogens with zero attached hydrogens (tertiary/aromatic N) is 1. The van der Waals surface area contributed by atoms with Crippen molar-refractivity contribution in [3.8, 4) is 0 Å². The first-order valence-electron chi connectivity index (χ1n) is 8.94. The number of carbonyl (C=O) groups is 2. The van der Waals surface area contributed by atoms with Crippen LogP contribution in [0.25, 0.3) is 6.08 Å². The summed E-state index contributed by atoms with van der Waals surface area (Å²) in [6.45, 7) is 0.788. The van der Waals surface area contributed by atoms with Crippen LogP contribution in [0.1, 0.15) is 28.8 Å². The molecule has 1 saturated heterocycles. The van der Waals surface area contributed by atoms with Gasteiger partial charge in [0.15, 0.2) is 0 Å². The number of aliphatic hydroxyl groups is 1. The van der Waals surface area contributed by atoms with Gasteiger partial charge in [0.1, 0.15) is 11.5 Å². The summed E-state index contributed by atoms with van der Waals surface area (Å²) in [6, 6.07) is 12.7. The maximum absolute atomic E-state index is 13.6. The SMILES string of the molecule is O=C(N/C(=C\c1cccc(F)c1)C(=O)N1CCC(O)CC1)c1ccccc1Br. The van der Waals surface area contributed by atoms with Gasteiger partial charge in [-0.2, -0.15) is 0 Å². The molecule has 0 saturated carbocycles. The van der Waals surface area contributed by atoms with Crippen LogP contribution in [0.5, 0.6) is 0 Å². The van der Waals surface area contributed by atoms with E-state index in [0.29, 0.717) is 41.5 Å². The van der Waals surface area contributed by atoms with Gasteiger partial charge in [0, 0.05) is 17.6 Å². The van der Waals surface area contributed by atoms with E-state index in [1.807, 2.05) is 0 Å². The van der Waals surface area contributed by atoms with Crippen molar-refractivity contribution in [3.63, 3.8) is 0 Å². The van der Waals surface area contributed by atoms with Crippen LogP contribution in [0.4, 0.5) is 4.39 Å². The summed E-state index contributed by atoms with van der Waals surface area (Å²) in [7, 11) is 0. The molecule has 1 heterocycles. The van der Waals surface area contributed by atoms with Crippen molar-refractivity contribution in [1.29, 1.82) is 0 Å². The average Bonchev–Trinajstić information content (AvgIpc) is 2.68. The second-order valence-electron chi connectivity index (χ2n) is 6.57. The molecule has 2 aromatic carbocycles. The monoisotopic (exact) mass is 446 g/mol. The Kier molecular flexibility index (Phi) is 6.59. The smallest absolute Gasteiger partial charge is 0.270 e. The Morgan fingerprint density at radius 2 is 1.86 bits per heavy atom. The fourth-order valence-corrected chi connectivity index (χ4v) is 3.45. The third-order valence-corrected chi connectivity index (χ3v) is 5.20. The largest absolute Gasteiger partial charge is 0.393 e. The fourth-order valence-electron chi connectivity index (χ4n) is 2.99. The fraction of sp³-hybridized carbons (Fsp3) is 0.238. The van der Waals surface area contributed by atoms with Crippen molar-refractivity contribution in [2.24, 2.45) is 0 Å². The molecular weight excluding hydrogens is 427 g/mol. The number of rotatable bonds is 4. The molecule has 1 aliphatic heterocycles. The molecule has 146 valence electrons. The number of hydrogen-bond donors (Lipinski definition) is 2. The highest BCUT2D eigenvalue weighted by molar-refractivity contribution is 9.10. The highest BCUT2D eigenvalue weighted by Gasteiger charge is 2.25. The average molecular weight is 447 g/mol. The third-order valence-electron chi connectivity index (χ3n) is 4.51. The summed E-state index contributed by atoms with van der Waals surface area (Å²) >= 11 is 3.33. The topological polar surface area (TPSA) is 69.6 Å². The number of aliphatic hydroxyl groups excluding tert-OH is 1. The predicted octanol–water partition coefficient (Wildman–Crippen LogP) is 3.34. The van der Waals surface area contributed by atoms with Gasteiger partial charge in [0.25, 0.3) is 11.8 Å². The summed E-state index contributed by atoms with van der Waals surface area (Å²) < 4.78 is 14.2. The van der Waals surface area contributed by atoms with Crippen molar-refractivity contribution in [2.75, 3.05) is 13.1 Å². The van der Waals surface area contributed by atoms with Crippen LogP contribution in [0.2, 0.25) is 0 Å². The summed E-state index contributed by atoms with van der Waals surface area (Å²) in [5.74, 6) is -1.24. The molecule has 28 heavy (non-hydrogen) atoms. The lowest BCUT2D eigenvalue weighted by molar-refractivity contribution is -0.129. The van der Waals surface area contributed by atoms with Gasteiger partial charge in [0.05, 0.1) is 11.7 Å². The minimum atomic E-state index is -0.444. The van der Waals surface area contributed by atoms with Gasteiger partial charge in [-0.25, -0.2) is 4.39 Å². The molecule has 2 aromatic rings. The summed E-state index contributed by atoms with van der Waals surface area (Å²) in [5.41, 5.74) is 0.907. The van der Waals surface area contributed by atoms with Crippen LogP contribution in [0, 0.1) is 5.82 Å². The lowest BCUT2D eigenvalue weighted by Gasteiger charge is -2.30. The lowest BCUT2D eigenvalue weighted by Crippen LogP contribution is -2.43. The summed E-state index contributed by atoms with van der Waals surface area (Å²) in [4.78, 5) is 27.3. The Morgan fingerprint density at radius 1 is 1.14 bits per heavy atom. The highest BCUT2D eigenvalue weighted by atomic mass is 79.9. The lowest BCUT2D eigenvalue weighted by atomic mass is 10.1. The number of hydrogen-bond acceptors (Lipinski definition) is 3. The van der Waals surface area contributed by atoms with Crippen LogP contribution in [0.3, 0.4) is 0 Å². The molecule has 0 radical (unpaired) electrons. The minimum absolute atomic E-state index is 0.0581. The van der Waals surface area contributed by atoms with Gasteiger partial charge in [0.2, 0.25) is 0 Å². The van der Waals surface area contributed by atoms with E-state index >= 15 is 0 Å². The zero-order chi connectivity index (χ0) is 20.1. The van der Waals surface area contributed by atoms with E-state index in [0.717, 1.165) is 0 Å². The second-order valence-corrected chi connectivity index (χ2v) is 7.42. The Bertz CT molecular complexity index is 908. The van der Waals surface area contributed by atoms with E-state index in [1.165, 1.54) is 24.3 Å². The Hall–Kier alpha value is -2.51. The number of halogens is 2. The molecule has 0 bridgehead atoms. The normalized spacial score (nSPS) is 15.4. The van der Waals surface area contributed by atoms with Gasteiger partial charge >= 0.3 is 0 Å². The van der Waals surface area contributed by atoms with Crippen LogP contribution < -0.4 is 5.32 Å². The van der Waals surface area contributed by atoms with Gasteiger partial charge in [-0.05, 0) is 64.7 Å². The standard InChI is InChI=1S/C21H20BrFN2O3/c22-18-7-2-1-6-17(18)20(27)24-19(13-14-4-3-5-15(23)12-14)21(28)25-10-8-16(26)9-11-25/h1-7,12-13,16,26H,8-11H2,(H,24,27)/b19-13-. The molecule has 0 aliphatic carbocycles. The van der Waals surface area contributed by atoms with Crippen LogP contribution in [0.15, 0.2) is 58.7 Å². The van der Waals surface area contributed by atoms with Crippen molar-refractivity contribution < 1.29 is 19.1 Å². The van der Waals surface area contributed by atoms with E-state index in [1.54, 1.807) is 35.2 Å². The molecule has 1 aliphatic rings. The van der Waals surface area contributed by atoms with Gasteiger partial charge in [-0.15, -0.1) is 0 Å². The van der Waals surface area contributed by atoms with Crippen molar-refractivity contribution >= 4 is 33.8 Å². The zero-order valence-corrected chi connectivity index (χ0v) is 16.7. The Labute approximate surface area is 171 Å². The number of likely N-dealkylation sites (tertiary alicyclic amines) is 1. The summed E-state index contributed by atoms with van der Waals surface area (Å²) in [6.07, 6.45) is 2.01. The molecular formula is C21H20BrFN2O3. The van der Waals surface area contributed by atoms with Gasteiger partial charge < -0.3 is 15.3 Å². The van der Waals surface area contributed by atoms with Crippen molar-refractivity contribution in [1.82, 2.24) is 10.2 Å². The van der Waals surface area contributed by atoms with Crippen LogP contribution in [-0.2, 0) is 4.79 Å². The van der Waals surface area contributed by atoms with Crippen LogP contribution >= 0.6 is 15.9 Å². The molecule has 0 unspecified atom stereocenters. The van der Waals surface area contributed by atoms with Crippen molar-refractivity contribution in [2.45, 2.75) is 18.9 Å². The molecule has 2 amide bonds. The molecule has 0 spiro atoms. The first-order valence-corrected chi connectivity index (χ1v) is 9.74. The van der Waals surface area contributed by atoms with Crippen LogP contribution in [-0.4, -0.2) is 41.0 Å². The summed E-state index contributed by atoms with van der Waals surface area (Å²) in [5, 5.41) is 12.3. The molecule has 2 N–H and O–H groups in total. The highest BCUT2D eigenvalue weighted by Crippen LogP contribution is 2.18. The number of nitrogens with one attached hydrogen (secondary N) is 1. The molecule has 3 rings (SSSR count). The molecule has 7 heteroatoms. The number of amides is 2. The second kappa shape index (κ2) is 9.12. The third kappa shape index (κ3) is 5.05. The van der Waals surface area contributed by atoms with E-state index in [9.17, 15) is 19.1 Å². The first kappa shape index (κ1) is 20.2. The Morgan fingerprint density at radius 3 is 2.54 bits per heavy atom. The maximum Gasteiger partial charge on any atom is 0.270 e. The van der Waals surface area contributed by atoms with E-state index in [2.05, 4.69) is 21.2 Å². The number of carbonyl (C=O) groups excluding carboxylic acids is 2. The maximum atomic E-state index is 13.6. The quantitative estimate of drug-likeness (QED) is 0.707. The van der Waals surface area contributed by atoms with Crippen molar-refractivity contribution in [3.05, 3.63) is 75.6 Å². The molecule has 5 nitrogen and oxygen atoms in total. The Balaban J connectivity index is 1.89. The van der Waals surface area contributed by atoms with Gasteiger partial charge in [-0.3, -0.25) is 9.59 Å². The molecule has 1 fully saturated rings. The number of benzene rings is 2. The number of piperidine rings is 1. The van der Waals surface area contributed by atoms with E-state index in [-0.39, 0.29) is 11.6 Å².